The number of rotatable bonds is 5. The number of carbonyl (C=O) groups excluding carboxylic acids is 1. The fourth-order valence-electron chi connectivity index (χ4n) is 2.19. The maximum Gasteiger partial charge on any atom is 0.246 e. The molecule has 0 aliphatic rings. The van der Waals surface area contributed by atoms with Gasteiger partial charge in [0.15, 0.2) is 0 Å². The third kappa shape index (κ3) is 4.56. The van der Waals surface area contributed by atoms with Gasteiger partial charge in [-0.3, -0.25) is 4.79 Å². The number of amides is 1. The van der Waals surface area contributed by atoms with E-state index in [0.717, 1.165) is 16.8 Å². The average Bonchev–Trinajstić information content (AvgIpc) is 2.50. The molecule has 1 unspecified atom stereocenters. The highest BCUT2D eigenvalue weighted by atomic mass is 32.2. The van der Waals surface area contributed by atoms with Crippen molar-refractivity contribution in [1.82, 2.24) is 0 Å². The molecule has 1 atom stereocenters. The van der Waals surface area contributed by atoms with Crippen LogP contribution < -0.4 is 15.8 Å². The molecular formula is C17H21N3O3S. The summed E-state index contributed by atoms with van der Waals surface area (Å²) < 4.78 is 22.7. The molecule has 0 aromatic heterocycles. The summed E-state index contributed by atoms with van der Waals surface area (Å²) in [7, 11) is -3.81. The summed E-state index contributed by atoms with van der Waals surface area (Å²) in [4.78, 5) is 12.3. The Bertz CT molecular complexity index is 863. The summed E-state index contributed by atoms with van der Waals surface area (Å²) in [5, 5.41) is 10.9. The Hall–Kier alpha value is -2.38. The Balaban J connectivity index is 2.11. The van der Waals surface area contributed by atoms with Gasteiger partial charge in [0.05, 0.1) is 4.90 Å². The molecule has 7 heteroatoms. The van der Waals surface area contributed by atoms with Crippen LogP contribution in [0.3, 0.4) is 0 Å². The van der Waals surface area contributed by atoms with Crippen molar-refractivity contribution in [3.63, 3.8) is 0 Å². The van der Waals surface area contributed by atoms with Crippen molar-refractivity contribution in [1.29, 1.82) is 0 Å². The topological polar surface area (TPSA) is 101 Å². The van der Waals surface area contributed by atoms with E-state index in [0.29, 0.717) is 5.69 Å². The Morgan fingerprint density at radius 2 is 1.83 bits per heavy atom. The van der Waals surface area contributed by atoms with Crippen LogP contribution in [0.15, 0.2) is 47.4 Å². The van der Waals surface area contributed by atoms with Gasteiger partial charge in [0.25, 0.3) is 0 Å². The summed E-state index contributed by atoms with van der Waals surface area (Å²) >= 11 is 0. The van der Waals surface area contributed by atoms with Gasteiger partial charge in [-0.05, 0) is 56.2 Å². The zero-order valence-corrected chi connectivity index (χ0v) is 14.6. The second kappa shape index (κ2) is 7.02. The normalized spacial score (nSPS) is 12.5. The fraction of sp³-hybridized carbons (Fsp3) is 0.235. The van der Waals surface area contributed by atoms with Crippen molar-refractivity contribution in [2.24, 2.45) is 5.14 Å². The SMILES string of the molecule is Cc1ccc(C)c(NC(C)C(=O)Nc2cccc(S(N)(=O)=O)c2)c1. The lowest BCUT2D eigenvalue weighted by atomic mass is 10.1. The number of nitrogens with two attached hydrogens (primary N) is 1. The van der Waals surface area contributed by atoms with E-state index in [1.54, 1.807) is 13.0 Å². The summed E-state index contributed by atoms with van der Waals surface area (Å²) in [6.45, 7) is 5.68. The van der Waals surface area contributed by atoms with Crippen LogP contribution in [0, 0.1) is 13.8 Å². The van der Waals surface area contributed by atoms with E-state index in [1.165, 1.54) is 18.2 Å². The molecule has 0 saturated carbocycles. The number of carbonyl (C=O) groups is 1. The van der Waals surface area contributed by atoms with Crippen molar-refractivity contribution >= 4 is 27.3 Å². The molecule has 24 heavy (non-hydrogen) atoms. The number of aryl methyl sites for hydroxylation is 2. The van der Waals surface area contributed by atoms with Gasteiger partial charge >= 0.3 is 0 Å². The fourth-order valence-corrected chi connectivity index (χ4v) is 2.75. The van der Waals surface area contributed by atoms with Crippen molar-refractivity contribution in [3.05, 3.63) is 53.6 Å². The van der Waals surface area contributed by atoms with Gasteiger partial charge in [-0.25, -0.2) is 13.6 Å². The Morgan fingerprint density at radius 3 is 2.50 bits per heavy atom. The van der Waals surface area contributed by atoms with Gasteiger partial charge in [0.1, 0.15) is 6.04 Å². The molecule has 0 aliphatic heterocycles. The predicted octanol–water partition coefficient (Wildman–Crippen LogP) is 2.39. The number of nitrogens with one attached hydrogen (secondary N) is 2. The summed E-state index contributed by atoms with van der Waals surface area (Å²) in [6.07, 6.45) is 0. The minimum absolute atomic E-state index is 0.0459. The van der Waals surface area contributed by atoms with Crippen molar-refractivity contribution in [2.75, 3.05) is 10.6 Å². The molecular weight excluding hydrogens is 326 g/mol. The minimum atomic E-state index is -3.81. The predicted molar refractivity (Wildman–Crippen MR) is 95.4 cm³/mol. The molecule has 0 fully saturated rings. The first-order valence-electron chi connectivity index (χ1n) is 7.44. The van der Waals surface area contributed by atoms with Gasteiger partial charge in [-0.2, -0.15) is 0 Å². The third-order valence-corrected chi connectivity index (χ3v) is 4.50. The van der Waals surface area contributed by atoms with Gasteiger partial charge in [0, 0.05) is 11.4 Å². The summed E-state index contributed by atoms with van der Waals surface area (Å²) in [6, 6.07) is 11.3. The maximum absolute atomic E-state index is 12.3. The molecule has 0 bridgehead atoms. The minimum Gasteiger partial charge on any atom is -0.374 e. The smallest absolute Gasteiger partial charge is 0.246 e. The van der Waals surface area contributed by atoms with Gasteiger partial charge < -0.3 is 10.6 Å². The first kappa shape index (κ1) is 18.0. The molecule has 0 aliphatic carbocycles. The van der Waals surface area contributed by atoms with E-state index in [1.807, 2.05) is 32.0 Å². The monoisotopic (exact) mass is 347 g/mol. The molecule has 4 N–H and O–H groups in total. The molecule has 128 valence electrons. The van der Waals surface area contributed by atoms with E-state index in [-0.39, 0.29) is 10.8 Å². The summed E-state index contributed by atoms with van der Waals surface area (Å²) in [5.74, 6) is -0.275. The second-order valence-corrected chi connectivity index (χ2v) is 7.31. The van der Waals surface area contributed by atoms with Crippen LogP contribution in [0.4, 0.5) is 11.4 Å². The van der Waals surface area contributed by atoms with E-state index in [2.05, 4.69) is 10.6 Å². The highest BCUT2D eigenvalue weighted by Gasteiger charge is 2.15. The van der Waals surface area contributed by atoms with Crippen LogP contribution in [-0.2, 0) is 14.8 Å². The Kier molecular flexibility index (Phi) is 5.26. The van der Waals surface area contributed by atoms with E-state index in [4.69, 9.17) is 5.14 Å². The Morgan fingerprint density at radius 1 is 1.12 bits per heavy atom. The molecule has 0 spiro atoms. The largest absolute Gasteiger partial charge is 0.374 e. The molecule has 0 radical (unpaired) electrons. The average molecular weight is 347 g/mol. The third-order valence-electron chi connectivity index (χ3n) is 3.59. The molecule has 2 aromatic rings. The van der Waals surface area contributed by atoms with Gasteiger partial charge in [-0.15, -0.1) is 0 Å². The van der Waals surface area contributed by atoms with Crippen LogP contribution in [0.1, 0.15) is 18.1 Å². The van der Waals surface area contributed by atoms with E-state index >= 15 is 0 Å². The Labute approximate surface area is 142 Å². The number of hydrogen-bond acceptors (Lipinski definition) is 4. The van der Waals surface area contributed by atoms with Crippen LogP contribution in [0.5, 0.6) is 0 Å². The van der Waals surface area contributed by atoms with Crippen molar-refractivity contribution < 1.29 is 13.2 Å². The van der Waals surface area contributed by atoms with E-state index < -0.39 is 16.1 Å². The van der Waals surface area contributed by atoms with Crippen LogP contribution >= 0.6 is 0 Å². The van der Waals surface area contributed by atoms with Crippen LogP contribution in [0.25, 0.3) is 0 Å². The number of hydrogen-bond donors (Lipinski definition) is 3. The lowest BCUT2D eigenvalue weighted by Gasteiger charge is -2.17. The van der Waals surface area contributed by atoms with Gasteiger partial charge in [-0.1, -0.05) is 18.2 Å². The van der Waals surface area contributed by atoms with Crippen molar-refractivity contribution in [3.8, 4) is 0 Å². The highest BCUT2D eigenvalue weighted by Crippen LogP contribution is 2.18. The number of benzene rings is 2. The van der Waals surface area contributed by atoms with Crippen LogP contribution in [0.2, 0.25) is 0 Å². The van der Waals surface area contributed by atoms with Gasteiger partial charge in [0.2, 0.25) is 15.9 Å². The molecule has 1 amide bonds. The first-order chi connectivity index (χ1) is 11.2. The number of anilines is 2. The van der Waals surface area contributed by atoms with E-state index in [9.17, 15) is 13.2 Å². The molecule has 6 nitrogen and oxygen atoms in total. The van der Waals surface area contributed by atoms with Crippen LogP contribution in [-0.4, -0.2) is 20.4 Å². The number of sulfonamides is 1. The quantitative estimate of drug-likeness (QED) is 0.773. The lowest BCUT2D eigenvalue weighted by Crippen LogP contribution is -2.32. The first-order valence-corrected chi connectivity index (χ1v) is 8.99. The highest BCUT2D eigenvalue weighted by molar-refractivity contribution is 7.89. The lowest BCUT2D eigenvalue weighted by molar-refractivity contribution is -0.116. The standard InChI is InChI=1S/C17H21N3O3S/c1-11-7-8-12(2)16(9-11)19-13(3)17(21)20-14-5-4-6-15(10-14)24(18,22)23/h4-10,13,19H,1-3H3,(H,20,21)(H2,18,22,23). The maximum atomic E-state index is 12.3. The molecule has 0 saturated heterocycles. The zero-order valence-electron chi connectivity index (χ0n) is 13.8. The molecule has 0 heterocycles. The molecule has 2 aromatic carbocycles. The second-order valence-electron chi connectivity index (χ2n) is 5.75. The number of primary sulfonamides is 1. The molecule has 2 rings (SSSR count). The zero-order chi connectivity index (χ0) is 17.9. The summed E-state index contributed by atoms with van der Waals surface area (Å²) in [5.41, 5.74) is 3.39. The van der Waals surface area contributed by atoms with Crippen molar-refractivity contribution in [2.45, 2.75) is 31.7 Å².